The van der Waals surface area contributed by atoms with Crippen LogP contribution in [0, 0.1) is 0 Å². The summed E-state index contributed by atoms with van der Waals surface area (Å²) in [5.74, 6) is -7.79. The fourth-order valence-corrected chi connectivity index (χ4v) is 7.42. The number of ether oxygens (including phenoxy) is 4. The Labute approximate surface area is 335 Å². The van der Waals surface area contributed by atoms with Crippen molar-refractivity contribution in [2.24, 2.45) is 0 Å². The van der Waals surface area contributed by atoms with Gasteiger partial charge in [0.05, 0.1) is 31.5 Å². The monoisotopic (exact) mass is 913 g/mol. The molecule has 0 bridgehead atoms. The number of hydrogen-bond acceptors (Lipinski definition) is 23. The molecule has 11 unspecified atom stereocenters. The average molecular weight is 914 g/mol. The number of aliphatic hydroxyl groups is 8. The van der Waals surface area contributed by atoms with Gasteiger partial charge in [0.2, 0.25) is 11.8 Å². The minimum Gasteiger partial charge on any atom is -0.477 e. The molecule has 32 heteroatoms. The normalized spacial score (nSPS) is 35.5. The molecule has 0 aromatic carbocycles. The van der Waals surface area contributed by atoms with Crippen LogP contribution in [0.2, 0.25) is 0 Å². The molecule has 3 aliphatic rings. The lowest BCUT2D eigenvalue weighted by Gasteiger charge is -2.46. The summed E-state index contributed by atoms with van der Waals surface area (Å²) in [4.78, 5) is 81.1. The highest BCUT2D eigenvalue weighted by Crippen LogP contribution is 2.51. The van der Waals surface area contributed by atoms with Gasteiger partial charge >= 0.3 is 27.3 Å². The summed E-state index contributed by atoms with van der Waals surface area (Å²) >= 11 is 0. The molecule has 342 valence electrons. The number of anilines is 1. The molecule has 30 nitrogen and oxygen atoms in total. The zero-order chi connectivity index (χ0) is 45.1. The van der Waals surface area contributed by atoms with Crippen LogP contribution in [0.5, 0.6) is 0 Å². The smallest absolute Gasteiger partial charge is 0.475 e. The summed E-state index contributed by atoms with van der Waals surface area (Å²) in [6.07, 6.45) is -25.5. The zero-order valence-corrected chi connectivity index (χ0v) is 32.6. The number of nitrogens with two attached hydrogens (primary N) is 1. The topological polar surface area (TPSA) is 478 Å². The van der Waals surface area contributed by atoms with E-state index in [0.717, 1.165) is 23.8 Å². The molecule has 1 aromatic rings. The summed E-state index contributed by atoms with van der Waals surface area (Å²) in [6.45, 7) is -3.12. The van der Waals surface area contributed by atoms with E-state index in [2.05, 4.69) is 20.1 Å². The Balaban J connectivity index is 1.41. The third-order valence-electron chi connectivity index (χ3n) is 9.09. The molecule has 4 heterocycles. The minimum atomic E-state index is -5.70. The highest BCUT2D eigenvalue weighted by atomic mass is 31.2. The molecule has 0 spiro atoms. The summed E-state index contributed by atoms with van der Waals surface area (Å²) in [5.41, 5.74) is 4.44. The van der Waals surface area contributed by atoms with Crippen molar-refractivity contribution in [3.63, 3.8) is 0 Å². The van der Waals surface area contributed by atoms with E-state index in [-0.39, 0.29) is 5.82 Å². The van der Waals surface area contributed by atoms with Crippen LogP contribution in [0.15, 0.2) is 17.1 Å². The minimum absolute atomic E-state index is 0.182. The van der Waals surface area contributed by atoms with E-state index in [1.807, 2.05) is 0 Å². The third kappa shape index (κ3) is 12.3. The lowest BCUT2D eigenvalue weighted by atomic mass is 9.88. The number of carboxylic acid groups (broad SMARTS) is 1. The average Bonchev–Trinajstić information content (AvgIpc) is 3.43. The number of carbonyl (C=O) groups is 3. The van der Waals surface area contributed by atoms with Crippen LogP contribution in [0.25, 0.3) is 0 Å². The molecule has 1 aromatic heterocycles. The van der Waals surface area contributed by atoms with Crippen LogP contribution >= 0.6 is 15.6 Å². The van der Waals surface area contributed by atoms with Crippen molar-refractivity contribution in [1.29, 1.82) is 0 Å². The van der Waals surface area contributed by atoms with Crippen molar-refractivity contribution in [2.75, 3.05) is 32.1 Å². The predicted octanol–water partition coefficient (Wildman–Crippen LogP) is -8.21. The largest absolute Gasteiger partial charge is 0.477 e. The van der Waals surface area contributed by atoms with Gasteiger partial charge in [-0.15, -0.1) is 0 Å². The van der Waals surface area contributed by atoms with Gasteiger partial charge in [-0.3, -0.25) is 23.2 Å². The van der Waals surface area contributed by atoms with Crippen LogP contribution in [0.3, 0.4) is 0 Å². The first-order valence-electron chi connectivity index (χ1n) is 17.3. The number of nitrogens with one attached hydrogen (secondary N) is 2. The van der Waals surface area contributed by atoms with Gasteiger partial charge in [-0.05, 0) is 6.07 Å². The molecule has 0 saturated carbocycles. The molecule has 2 amide bonds. The first-order chi connectivity index (χ1) is 27.8. The van der Waals surface area contributed by atoms with E-state index in [1.165, 1.54) is 0 Å². The molecule has 4 rings (SSSR count). The molecule has 60 heavy (non-hydrogen) atoms. The first-order valence-corrected chi connectivity index (χ1v) is 20.3. The molecule has 16 N–H and O–H groups in total. The Hall–Kier alpha value is -3.17. The number of aliphatic carboxylic acids is 1. The molecule has 3 saturated heterocycles. The summed E-state index contributed by atoms with van der Waals surface area (Å²) in [7, 11) is -10.8. The van der Waals surface area contributed by atoms with E-state index in [9.17, 15) is 79.2 Å². The van der Waals surface area contributed by atoms with Crippen molar-refractivity contribution in [1.82, 2.24) is 20.2 Å². The Bertz CT molecular complexity index is 1840. The van der Waals surface area contributed by atoms with E-state index in [0.29, 0.717) is 0 Å². The predicted molar refractivity (Wildman–Crippen MR) is 185 cm³/mol. The second-order valence-corrected chi connectivity index (χ2v) is 16.2. The maximum absolute atomic E-state index is 13.1. The van der Waals surface area contributed by atoms with Gasteiger partial charge in [0.25, 0.3) is 5.79 Å². The van der Waals surface area contributed by atoms with Crippen molar-refractivity contribution < 1.29 is 117 Å². The number of nitrogen functional groups attached to an aromatic ring is 1. The molecule has 0 radical (unpaired) electrons. The molecule has 3 fully saturated rings. The number of amides is 2. The Morgan fingerprint density at radius 1 is 0.983 bits per heavy atom. The second-order valence-electron chi connectivity index (χ2n) is 13.6. The van der Waals surface area contributed by atoms with Gasteiger partial charge in [-0.25, -0.2) is 23.2 Å². The molecular formula is C28H45N5O25P2. The number of carbonyl (C=O) groups excluding carboxylic acids is 2. The summed E-state index contributed by atoms with van der Waals surface area (Å²) < 4.78 is 59.7. The molecule has 0 aliphatic carbocycles. The fourth-order valence-electron chi connectivity index (χ4n) is 6.12. The van der Waals surface area contributed by atoms with Crippen molar-refractivity contribution in [3.8, 4) is 0 Å². The number of phosphoric ester groups is 2. The Morgan fingerprint density at radius 3 is 2.20 bits per heavy atom. The number of rotatable bonds is 18. The second kappa shape index (κ2) is 19.9. The first kappa shape index (κ1) is 49.5. The van der Waals surface area contributed by atoms with Gasteiger partial charge in [0.15, 0.2) is 12.5 Å². The fraction of sp³-hybridized carbons (Fsp3) is 0.750. The highest BCUT2D eigenvalue weighted by Gasteiger charge is 2.59. The van der Waals surface area contributed by atoms with E-state index >= 15 is 0 Å². The zero-order valence-electron chi connectivity index (χ0n) is 30.8. The van der Waals surface area contributed by atoms with Crippen LogP contribution < -0.4 is 22.1 Å². The molecular weight excluding hydrogens is 868 g/mol. The van der Waals surface area contributed by atoms with Crippen LogP contribution in [0.4, 0.5) is 5.82 Å². The van der Waals surface area contributed by atoms with Crippen LogP contribution in [-0.4, -0.2) is 200 Å². The van der Waals surface area contributed by atoms with E-state index < -0.39 is 163 Å². The number of hydrogen-bond donors (Lipinski definition) is 15. The number of carboxylic acids is 1. The van der Waals surface area contributed by atoms with Crippen LogP contribution in [0.1, 0.15) is 19.6 Å². The van der Waals surface area contributed by atoms with Crippen molar-refractivity contribution in [3.05, 3.63) is 22.7 Å². The SMILES string of the molecule is CC(=O)NC1C(O)CC(OP(=O)(O)OCC2OC(n3ccc(N)nc3=O)C(O)C2O)(C(=O)O)OC1[C@H](O)[C@H](O)CNC(=O)CO[C@H]1OC(COP(=O)(O)O)[C@@H](O)[C@H](O)C1O. The Kier molecular flexibility index (Phi) is 16.4. The van der Waals surface area contributed by atoms with Gasteiger partial charge < -0.3 is 96.0 Å². The van der Waals surface area contributed by atoms with Crippen LogP contribution in [-0.2, 0) is 56.0 Å². The lowest BCUT2D eigenvalue weighted by molar-refractivity contribution is -0.298. The van der Waals surface area contributed by atoms with E-state index in [1.54, 1.807) is 0 Å². The van der Waals surface area contributed by atoms with Gasteiger partial charge in [-0.1, -0.05) is 0 Å². The standard InChI is InChI=1S/C28H45N5O25P2/c1-9(34)31-16-10(35)4-28(26(44)45,58-60(50,51)54-7-12-19(40)21(42)24(55-12)33-3-2-14(29)32-27(33)46)57-23(16)17(38)11(36)5-30-15(37)8-52-25-22(43)20(41)18(39)13(56-25)6-53-59(47,48)49/h2-3,10-13,16-25,35-36,38-43H,4-8H2,1H3,(H,30,37)(H,31,34)(H,44,45)(H,50,51)(H2,29,32,46)(H2,47,48,49)/t10?,11-,12?,13?,16?,17-,18-,19?,20+,21?,22?,23?,24?,25+,28?/m1/s1. The summed E-state index contributed by atoms with van der Waals surface area (Å²) in [5, 5.41) is 98.3. The molecule has 16 atom stereocenters. The number of nitrogens with zero attached hydrogens (tertiary/aromatic N) is 2. The molecule has 3 aliphatic heterocycles. The third-order valence-corrected chi connectivity index (χ3v) is 10.6. The van der Waals surface area contributed by atoms with Gasteiger partial charge in [0.1, 0.15) is 67.4 Å². The number of phosphoric acid groups is 2. The number of aliphatic hydroxyl groups excluding tert-OH is 8. The quantitative estimate of drug-likeness (QED) is 0.0608. The lowest BCUT2D eigenvalue weighted by Crippen LogP contribution is -2.68. The van der Waals surface area contributed by atoms with Gasteiger partial charge in [0, 0.05) is 26.1 Å². The van der Waals surface area contributed by atoms with E-state index in [4.69, 9.17) is 43.5 Å². The number of aromatic nitrogens is 2. The maximum Gasteiger partial charge on any atom is 0.475 e. The highest BCUT2D eigenvalue weighted by molar-refractivity contribution is 7.47. The van der Waals surface area contributed by atoms with Crippen molar-refractivity contribution in [2.45, 2.75) is 105 Å². The summed E-state index contributed by atoms with van der Waals surface area (Å²) in [6, 6.07) is -0.598. The van der Waals surface area contributed by atoms with Gasteiger partial charge in [-0.2, -0.15) is 4.98 Å². The van der Waals surface area contributed by atoms with Crippen molar-refractivity contribution >= 4 is 39.2 Å². The Morgan fingerprint density at radius 2 is 1.60 bits per heavy atom. The maximum atomic E-state index is 13.1.